The number of benzene rings is 2. The van der Waals surface area contributed by atoms with Crippen LogP contribution in [-0.2, 0) is 16.1 Å². The van der Waals surface area contributed by atoms with Crippen LogP contribution in [-0.4, -0.2) is 60.9 Å². The first-order valence-electron chi connectivity index (χ1n) is 9.69. The van der Waals surface area contributed by atoms with Gasteiger partial charge in [0.1, 0.15) is 5.75 Å². The molecule has 0 unspecified atom stereocenters. The highest BCUT2D eigenvalue weighted by atomic mass is 16.5. The molecule has 1 N–H and O–H groups in total. The highest BCUT2D eigenvalue weighted by Crippen LogP contribution is 2.09. The van der Waals surface area contributed by atoms with E-state index in [1.165, 1.54) is 5.56 Å². The van der Waals surface area contributed by atoms with Gasteiger partial charge in [0.2, 0.25) is 11.8 Å². The maximum absolute atomic E-state index is 12.3. The highest BCUT2D eigenvalue weighted by molar-refractivity contribution is 5.84. The number of carbonyl (C=O) groups is 2. The van der Waals surface area contributed by atoms with Crippen molar-refractivity contribution in [3.8, 4) is 5.75 Å². The van der Waals surface area contributed by atoms with Crippen LogP contribution in [0.3, 0.4) is 0 Å². The lowest BCUT2D eigenvalue weighted by Gasteiger charge is -2.34. The minimum atomic E-state index is -0.174. The van der Waals surface area contributed by atoms with E-state index in [1.54, 1.807) is 0 Å². The maximum atomic E-state index is 12.3. The zero-order chi connectivity index (χ0) is 19.6. The van der Waals surface area contributed by atoms with Crippen LogP contribution >= 0.6 is 0 Å². The van der Waals surface area contributed by atoms with Gasteiger partial charge in [-0.25, -0.2) is 0 Å². The number of nitrogens with zero attached hydrogens (tertiary/aromatic N) is 2. The maximum Gasteiger partial charge on any atom is 0.242 e. The molecule has 1 saturated heterocycles. The van der Waals surface area contributed by atoms with Crippen LogP contribution in [0.5, 0.6) is 5.75 Å². The molecule has 0 spiro atoms. The molecule has 1 heterocycles. The topological polar surface area (TPSA) is 61.9 Å². The van der Waals surface area contributed by atoms with E-state index < -0.39 is 0 Å². The molecular formula is C22H27N3O3. The lowest BCUT2D eigenvalue weighted by atomic mass is 10.2. The van der Waals surface area contributed by atoms with Crippen molar-refractivity contribution in [1.29, 1.82) is 0 Å². The Labute approximate surface area is 166 Å². The molecule has 0 aromatic heterocycles. The van der Waals surface area contributed by atoms with Gasteiger partial charge in [-0.05, 0) is 17.7 Å². The number of nitrogens with one attached hydrogen (secondary N) is 1. The summed E-state index contributed by atoms with van der Waals surface area (Å²) in [6, 6.07) is 19.7. The average Bonchev–Trinajstić information content (AvgIpc) is 2.74. The van der Waals surface area contributed by atoms with E-state index >= 15 is 0 Å². The predicted molar refractivity (Wildman–Crippen MR) is 108 cm³/mol. The van der Waals surface area contributed by atoms with E-state index in [0.29, 0.717) is 19.7 Å². The number of ether oxygens (including phenoxy) is 1. The zero-order valence-corrected chi connectivity index (χ0v) is 16.0. The number of para-hydroxylation sites is 1. The van der Waals surface area contributed by atoms with Crippen molar-refractivity contribution in [2.45, 2.75) is 13.0 Å². The van der Waals surface area contributed by atoms with Crippen LogP contribution in [0.2, 0.25) is 0 Å². The lowest BCUT2D eigenvalue weighted by Crippen LogP contribution is -2.50. The molecule has 6 nitrogen and oxygen atoms in total. The summed E-state index contributed by atoms with van der Waals surface area (Å²) in [4.78, 5) is 28.4. The minimum Gasteiger partial charge on any atom is -0.493 e. The molecule has 0 bridgehead atoms. The largest absolute Gasteiger partial charge is 0.493 e. The first kappa shape index (κ1) is 19.9. The summed E-state index contributed by atoms with van der Waals surface area (Å²) in [5.74, 6) is 0.531. The second-order valence-electron chi connectivity index (χ2n) is 6.83. The third-order valence-corrected chi connectivity index (χ3v) is 4.75. The summed E-state index contributed by atoms with van der Waals surface area (Å²) >= 11 is 0. The SMILES string of the molecule is O=C(CCOc1ccccc1)NCC(=O)N1CCN(Cc2ccccc2)CC1. The Morgan fingerprint density at radius 3 is 2.21 bits per heavy atom. The van der Waals surface area contributed by atoms with Crippen LogP contribution < -0.4 is 10.1 Å². The van der Waals surface area contributed by atoms with Gasteiger partial charge < -0.3 is 15.0 Å². The van der Waals surface area contributed by atoms with Crippen molar-refractivity contribution < 1.29 is 14.3 Å². The van der Waals surface area contributed by atoms with Crippen LogP contribution in [0.1, 0.15) is 12.0 Å². The molecule has 0 radical (unpaired) electrons. The number of hydrogen-bond acceptors (Lipinski definition) is 4. The van der Waals surface area contributed by atoms with E-state index in [4.69, 9.17) is 4.74 Å². The van der Waals surface area contributed by atoms with Gasteiger partial charge in [-0.3, -0.25) is 14.5 Å². The molecule has 1 aliphatic heterocycles. The standard InChI is InChI=1S/C22H27N3O3/c26-21(11-16-28-20-9-5-2-6-10-20)23-17-22(27)25-14-12-24(13-15-25)18-19-7-3-1-4-8-19/h1-10H,11-18H2,(H,23,26). The molecule has 2 aromatic carbocycles. The van der Waals surface area contributed by atoms with Gasteiger partial charge in [0, 0.05) is 32.7 Å². The Balaban J connectivity index is 1.30. The fraction of sp³-hybridized carbons (Fsp3) is 0.364. The monoisotopic (exact) mass is 381 g/mol. The summed E-state index contributed by atoms with van der Waals surface area (Å²) in [5, 5.41) is 2.69. The number of piperazine rings is 1. The van der Waals surface area contributed by atoms with Gasteiger partial charge in [-0.15, -0.1) is 0 Å². The van der Waals surface area contributed by atoms with E-state index in [-0.39, 0.29) is 24.8 Å². The van der Waals surface area contributed by atoms with Gasteiger partial charge in [-0.1, -0.05) is 48.5 Å². The molecule has 2 aromatic rings. The Morgan fingerprint density at radius 2 is 1.54 bits per heavy atom. The van der Waals surface area contributed by atoms with Crippen molar-refractivity contribution in [2.75, 3.05) is 39.3 Å². The van der Waals surface area contributed by atoms with E-state index in [0.717, 1.165) is 25.4 Å². The summed E-state index contributed by atoms with van der Waals surface area (Å²) in [6.45, 7) is 4.32. The summed E-state index contributed by atoms with van der Waals surface area (Å²) in [6.07, 6.45) is 0.229. The Morgan fingerprint density at radius 1 is 0.893 bits per heavy atom. The molecule has 3 rings (SSSR count). The molecule has 1 aliphatic rings. The molecule has 148 valence electrons. The molecule has 2 amide bonds. The third kappa shape index (κ3) is 6.39. The van der Waals surface area contributed by atoms with Crippen molar-refractivity contribution in [1.82, 2.24) is 15.1 Å². The summed E-state index contributed by atoms with van der Waals surface area (Å²) < 4.78 is 5.50. The van der Waals surface area contributed by atoms with Crippen LogP contribution in [0.15, 0.2) is 60.7 Å². The molecule has 1 fully saturated rings. The smallest absolute Gasteiger partial charge is 0.242 e. The summed E-state index contributed by atoms with van der Waals surface area (Å²) in [5.41, 5.74) is 1.28. The van der Waals surface area contributed by atoms with Gasteiger partial charge in [-0.2, -0.15) is 0 Å². The van der Waals surface area contributed by atoms with Crippen molar-refractivity contribution in [3.63, 3.8) is 0 Å². The second kappa shape index (κ2) is 10.5. The van der Waals surface area contributed by atoms with Gasteiger partial charge in [0.05, 0.1) is 19.6 Å². The summed E-state index contributed by atoms with van der Waals surface area (Å²) in [7, 11) is 0. The molecule has 0 saturated carbocycles. The van der Waals surface area contributed by atoms with Gasteiger partial charge in [0.25, 0.3) is 0 Å². The molecule has 0 aliphatic carbocycles. The zero-order valence-electron chi connectivity index (χ0n) is 16.0. The number of rotatable bonds is 8. The van der Waals surface area contributed by atoms with Crippen molar-refractivity contribution >= 4 is 11.8 Å². The van der Waals surface area contributed by atoms with Crippen molar-refractivity contribution in [3.05, 3.63) is 66.2 Å². The minimum absolute atomic E-state index is 0.0308. The fourth-order valence-electron chi connectivity index (χ4n) is 3.15. The normalized spacial score (nSPS) is 14.5. The highest BCUT2D eigenvalue weighted by Gasteiger charge is 2.21. The fourth-order valence-corrected chi connectivity index (χ4v) is 3.15. The van der Waals surface area contributed by atoms with Crippen LogP contribution in [0.25, 0.3) is 0 Å². The van der Waals surface area contributed by atoms with Crippen LogP contribution in [0.4, 0.5) is 0 Å². The van der Waals surface area contributed by atoms with Crippen LogP contribution in [0, 0.1) is 0 Å². The Bertz CT molecular complexity index is 744. The first-order chi connectivity index (χ1) is 13.7. The van der Waals surface area contributed by atoms with E-state index in [1.807, 2.05) is 53.4 Å². The average molecular weight is 381 g/mol. The predicted octanol–water partition coefficient (Wildman–Crippen LogP) is 1.92. The van der Waals surface area contributed by atoms with Gasteiger partial charge in [0.15, 0.2) is 0 Å². The molecule has 6 heteroatoms. The second-order valence-corrected chi connectivity index (χ2v) is 6.83. The quantitative estimate of drug-likeness (QED) is 0.759. The number of carbonyl (C=O) groups excluding carboxylic acids is 2. The number of hydrogen-bond donors (Lipinski definition) is 1. The Kier molecular flexibility index (Phi) is 7.44. The molecule has 28 heavy (non-hydrogen) atoms. The Hall–Kier alpha value is -2.86. The first-order valence-corrected chi connectivity index (χ1v) is 9.69. The number of amides is 2. The van der Waals surface area contributed by atoms with Gasteiger partial charge >= 0.3 is 0 Å². The lowest BCUT2D eigenvalue weighted by molar-refractivity contribution is -0.134. The van der Waals surface area contributed by atoms with E-state index in [9.17, 15) is 9.59 Å². The molecule has 0 atom stereocenters. The van der Waals surface area contributed by atoms with E-state index in [2.05, 4.69) is 22.3 Å². The third-order valence-electron chi connectivity index (χ3n) is 4.75. The van der Waals surface area contributed by atoms with Crippen molar-refractivity contribution in [2.24, 2.45) is 0 Å². The molecular weight excluding hydrogens is 354 g/mol.